The van der Waals surface area contributed by atoms with Crippen LogP contribution in [-0.2, 0) is 4.79 Å². The van der Waals surface area contributed by atoms with E-state index in [2.05, 4.69) is 30.9 Å². The van der Waals surface area contributed by atoms with E-state index in [0.717, 1.165) is 27.1 Å². The SMILES string of the molecule is Cc1cc(C=Nn2c(C(C)C)nc3ccc(Br)cc3c2=O)c(C)n1-c1ccc(OCC(=O)Nc2ccc(Cl)cc2)cc1. The molecule has 0 bridgehead atoms. The molecule has 5 rings (SSSR count). The minimum absolute atomic E-state index is 0.000396. The number of amides is 1. The van der Waals surface area contributed by atoms with Crippen LogP contribution in [0, 0.1) is 13.8 Å². The first kappa shape index (κ1) is 29.3. The van der Waals surface area contributed by atoms with E-state index >= 15 is 0 Å². The van der Waals surface area contributed by atoms with Crippen molar-refractivity contribution in [2.75, 3.05) is 11.9 Å². The van der Waals surface area contributed by atoms with Crippen LogP contribution in [-0.4, -0.2) is 33.0 Å². The van der Waals surface area contributed by atoms with Crippen molar-refractivity contribution in [3.05, 3.63) is 115 Å². The molecule has 0 radical (unpaired) electrons. The zero-order valence-electron chi connectivity index (χ0n) is 23.6. The van der Waals surface area contributed by atoms with Gasteiger partial charge in [-0.1, -0.05) is 41.4 Å². The number of anilines is 1. The normalized spacial score (nSPS) is 11.5. The zero-order valence-corrected chi connectivity index (χ0v) is 25.9. The topological polar surface area (TPSA) is 90.5 Å². The van der Waals surface area contributed by atoms with Gasteiger partial charge in [0, 0.05) is 43.7 Å². The highest BCUT2D eigenvalue weighted by Crippen LogP contribution is 2.23. The minimum Gasteiger partial charge on any atom is -0.484 e. The van der Waals surface area contributed by atoms with E-state index in [1.165, 1.54) is 4.68 Å². The molecule has 0 aliphatic heterocycles. The summed E-state index contributed by atoms with van der Waals surface area (Å²) in [5, 5.41) is 8.48. The molecule has 0 saturated heterocycles. The van der Waals surface area contributed by atoms with Crippen molar-refractivity contribution in [1.29, 1.82) is 0 Å². The van der Waals surface area contributed by atoms with Gasteiger partial charge in [0.25, 0.3) is 11.5 Å². The zero-order chi connectivity index (χ0) is 30.0. The maximum atomic E-state index is 13.4. The Kier molecular flexibility index (Phi) is 8.61. The van der Waals surface area contributed by atoms with E-state index in [4.69, 9.17) is 21.3 Å². The second kappa shape index (κ2) is 12.3. The summed E-state index contributed by atoms with van der Waals surface area (Å²) in [4.78, 5) is 30.4. The minimum atomic E-state index is -0.267. The third kappa shape index (κ3) is 6.32. The molecule has 2 heterocycles. The molecule has 0 atom stereocenters. The molecule has 5 aromatic rings. The Bertz CT molecular complexity index is 1860. The number of ether oxygens (including phenoxy) is 1. The molecule has 0 saturated carbocycles. The summed E-state index contributed by atoms with van der Waals surface area (Å²) in [6.07, 6.45) is 1.70. The smallest absolute Gasteiger partial charge is 0.282 e. The molecule has 1 amide bonds. The van der Waals surface area contributed by atoms with Crippen molar-refractivity contribution in [2.24, 2.45) is 5.10 Å². The van der Waals surface area contributed by atoms with Gasteiger partial charge in [0.2, 0.25) is 0 Å². The maximum absolute atomic E-state index is 13.4. The highest BCUT2D eigenvalue weighted by molar-refractivity contribution is 9.10. The van der Waals surface area contributed by atoms with Gasteiger partial charge in [-0.25, -0.2) is 4.98 Å². The van der Waals surface area contributed by atoms with Gasteiger partial charge >= 0.3 is 0 Å². The van der Waals surface area contributed by atoms with E-state index in [1.807, 2.05) is 70.2 Å². The molecule has 10 heteroatoms. The summed E-state index contributed by atoms with van der Waals surface area (Å²) in [5.74, 6) is 0.901. The Labute approximate surface area is 256 Å². The summed E-state index contributed by atoms with van der Waals surface area (Å²) in [6.45, 7) is 7.87. The number of halogens is 2. The number of carbonyl (C=O) groups is 1. The van der Waals surface area contributed by atoms with E-state index in [1.54, 1.807) is 36.5 Å². The van der Waals surface area contributed by atoms with Crippen LogP contribution in [0.5, 0.6) is 5.75 Å². The fourth-order valence-electron chi connectivity index (χ4n) is 4.66. The van der Waals surface area contributed by atoms with Crippen molar-refractivity contribution in [2.45, 2.75) is 33.6 Å². The number of aryl methyl sites for hydroxylation is 1. The number of benzene rings is 3. The third-order valence-electron chi connectivity index (χ3n) is 6.73. The number of nitrogens with zero attached hydrogens (tertiary/aromatic N) is 4. The van der Waals surface area contributed by atoms with E-state index in [-0.39, 0.29) is 24.0 Å². The van der Waals surface area contributed by atoms with Crippen molar-refractivity contribution in [1.82, 2.24) is 14.2 Å². The van der Waals surface area contributed by atoms with Crippen LogP contribution in [0.1, 0.15) is 42.5 Å². The first-order valence-corrected chi connectivity index (χ1v) is 14.5. The van der Waals surface area contributed by atoms with Gasteiger partial charge in [-0.05, 0) is 86.6 Å². The highest BCUT2D eigenvalue weighted by atomic mass is 79.9. The van der Waals surface area contributed by atoms with E-state index in [0.29, 0.717) is 33.2 Å². The summed E-state index contributed by atoms with van der Waals surface area (Å²) in [6, 6.07) is 21.9. The van der Waals surface area contributed by atoms with Crippen LogP contribution in [0.2, 0.25) is 5.02 Å². The third-order valence-corrected chi connectivity index (χ3v) is 7.47. The van der Waals surface area contributed by atoms with Crippen molar-refractivity contribution in [3.63, 3.8) is 0 Å². The summed E-state index contributed by atoms with van der Waals surface area (Å²) < 4.78 is 9.97. The Morgan fingerprint density at radius 1 is 1.07 bits per heavy atom. The number of carbonyl (C=O) groups excluding carboxylic acids is 1. The summed E-state index contributed by atoms with van der Waals surface area (Å²) >= 11 is 9.33. The molecule has 42 heavy (non-hydrogen) atoms. The van der Waals surface area contributed by atoms with Gasteiger partial charge in [0.15, 0.2) is 6.61 Å². The number of hydrogen-bond donors (Lipinski definition) is 1. The standard InChI is InChI=1S/C32H29BrClN5O3/c1-19(2)31-37-29-14-5-23(33)16-28(29)32(41)39(31)35-17-22-15-20(3)38(21(22)4)26-10-12-27(13-11-26)42-18-30(40)36-25-8-6-24(34)7-9-25/h5-17,19H,18H2,1-4H3,(H,36,40). The molecule has 0 aliphatic carbocycles. The molecule has 3 aromatic carbocycles. The lowest BCUT2D eigenvalue weighted by atomic mass is 10.2. The average Bonchev–Trinajstić information content (AvgIpc) is 3.25. The second-order valence-corrected chi connectivity index (χ2v) is 11.5. The Morgan fingerprint density at radius 3 is 2.48 bits per heavy atom. The molecular formula is C32H29BrClN5O3. The predicted molar refractivity (Wildman–Crippen MR) is 172 cm³/mol. The van der Waals surface area contributed by atoms with Crippen molar-refractivity contribution >= 4 is 56.2 Å². The molecule has 0 spiro atoms. The summed E-state index contributed by atoms with van der Waals surface area (Å²) in [7, 11) is 0. The number of hydrogen-bond acceptors (Lipinski definition) is 5. The lowest BCUT2D eigenvalue weighted by Gasteiger charge is -2.12. The molecule has 1 N–H and O–H groups in total. The number of aromatic nitrogens is 3. The number of rotatable bonds is 8. The molecule has 0 aliphatic rings. The first-order valence-electron chi connectivity index (χ1n) is 13.3. The van der Waals surface area contributed by atoms with Crippen LogP contribution >= 0.6 is 27.5 Å². The second-order valence-electron chi connectivity index (χ2n) is 10.1. The van der Waals surface area contributed by atoms with E-state index in [9.17, 15) is 9.59 Å². The molecule has 0 fully saturated rings. The van der Waals surface area contributed by atoms with Gasteiger partial charge in [-0.2, -0.15) is 9.78 Å². The first-order chi connectivity index (χ1) is 20.1. The van der Waals surface area contributed by atoms with Crippen LogP contribution in [0.15, 0.2) is 87.2 Å². The Morgan fingerprint density at radius 2 is 1.79 bits per heavy atom. The van der Waals surface area contributed by atoms with Gasteiger partial charge < -0.3 is 14.6 Å². The fraction of sp³-hybridized carbons (Fsp3) is 0.188. The van der Waals surface area contributed by atoms with Gasteiger partial charge in [0.05, 0.1) is 17.1 Å². The highest BCUT2D eigenvalue weighted by Gasteiger charge is 2.15. The van der Waals surface area contributed by atoms with Crippen molar-refractivity contribution < 1.29 is 9.53 Å². The number of nitrogens with one attached hydrogen (secondary N) is 1. The molecule has 2 aromatic heterocycles. The quantitative estimate of drug-likeness (QED) is 0.180. The number of fused-ring (bicyclic) bond motifs is 1. The van der Waals surface area contributed by atoms with Crippen molar-refractivity contribution in [3.8, 4) is 11.4 Å². The summed E-state index contributed by atoms with van der Waals surface area (Å²) in [5.41, 5.74) is 4.85. The lowest BCUT2D eigenvalue weighted by Crippen LogP contribution is -2.23. The van der Waals surface area contributed by atoms with Gasteiger partial charge in [-0.3, -0.25) is 9.59 Å². The molecule has 214 valence electrons. The molecular weight excluding hydrogens is 618 g/mol. The van der Waals surface area contributed by atoms with Crippen LogP contribution in [0.25, 0.3) is 16.6 Å². The van der Waals surface area contributed by atoms with Crippen LogP contribution < -0.4 is 15.6 Å². The van der Waals surface area contributed by atoms with Gasteiger partial charge in [0.1, 0.15) is 11.6 Å². The van der Waals surface area contributed by atoms with Gasteiger partial charge in [-0.15, -0.1) is 0 Å². The van der Waals surface area contributed by atoms with Crippen LogP contribution in [0.4, 0.5) is 5.69 Å². The molecule has 0 unspecified atom stereocenters. The largest absolute Gasteiger partial charge is 0.484 e. The maximum Gasteiger partial charge on any atom is 0.282 e. The Hall–Kier alpha value is -4.21. The monoisotopic (exact) mass is 645 g/mol. The van der Waals surface area contributed by atoms with Crippen LogP contribution in [0.3, 0.4) is 0 Å². The Balaban J connectivity index is 1.34. The fourth-order valence-corrected chi connectivity index (χ4v) is 5.14. The van der Waals surface area contributed by atoms with E-state index < -0.39 is 0 Å². The average molecular weight is 647 g/mol. The lowest BCUT2D eigenvalue weighted by molar-refractivity contribution is -0.118. The molecule has 8 nitrogen and oxygen atoms in total. The predicted octanol–water partition coefficient (Wildman–Crippen LogP) is 7.24.